The predicted octanol–water partition coefficient (Wildman–Crippen LogP) is 1.72. The van der Waals surface area contributed by atoms with Crippen LogP contribution in [0.25, 0.3) is 10.8 Å². The summed E-state index contributed by atoms with van der Waals surface area (Å²) in [5, 5.41) is 19.1. The van der Waals surface area contributed by atoms with Crippen LogP contribution in [0, 0.1) is 5.82 Å². The Morgan fingerprint density at radius 3 is 2.50 bits per heavy atom. The van der Waals surface area contributed by atoms with E-state index in [1.807, 2.05) is 10.8 Å². The minimum atomic E-state index is -4.27. The average Bonchev–Trinajstić information content (AvgIpc) is 2.98. The Labute approximate surface area is 171 Å². The fourth-order valence-electron chi connectivity index (χ4n) is 3.23. The van der Waals surface area contributed by atoms with E-state index in [-0.39, 0.29) is 28.7 Å². The third kappa shape index (κ3) is 3.67. The van der Waals surface area contributed by atoms with Crippen molar-refractivity contribution >= 4 is 32.6 Å². The minimum Gasteiger partial charge on any atom is -0.487 e. The van der Waals surface area contributed by atoms with E-state index in [2.05, 4.69) is 0 Å². The van der Waals surface area contributed by atoms with Gasteiger partial charge in [0, 0.05) is 10.9 Å². The second kappa shape index (κ2) is 7.56. The van der Waals surface area contributed by atoms with Gasteiger partial charge in [-0.2, -0.15) is 8.42 Å². The molecule has 3 N–H and O–H groups in total. The number of nitrogens with zero attached hydrogens (tertiary/aromatic N) is 1. The van der Waals surface area contributed by atoms with Crippen LogP contribution < -0.4 is 13.8 Å². The number of halogens is 1. The van der Waals surface area contributed by atoms with Crippen LogP contribution in [0.5, 0.6) is 5.75 Å². The topological polar surface area (TPSA) is 116 Å². The molecule has 3 aromatic rings. The van der Waals surface area contributed by atoms with Crippen molar-refractivity contribution < 1.29 is 32.6 Å². The normalized spacial score (nSPS) is 15.6. The van der Waals surface area contributed by atoms with Crippen LogP contribution >= 0.6 is 0 Å². The number of amides is 1. The zero-order chi connectivity index (χ0) is 21.5. The summed E-state index contributed by atoms with van der Waals surface area (Å²) in [7, 11) is -4.27. The summed E-state index contributed by atoms with van der Waals surface area (Å²) in [5.41, 5.74) is 0.505. The third-order valence-corrected chi connectivity index (χ3v) is 6.02. The Morgan fingerprint density at radius 2 is 1.87 bits per heavy atom. The van der Waals surface area contributed by atoms with Gasteiger partial charge < -0.3 is 14.9 Å². The Kier molecular flexibility index (Phi) is 5.06. The fourth-order valence-corrected chi connectivity index (χ4v) is 4.39. The van der Waals surface area contributed by atoms with Gasteiger partial charge >= 0.3 is 10.2 Å². The number of aliphatic hydroxyl groups is 2. The number of benzene rings is 3. The highest BCUT2D eigenvalue weighted by molar-refractivity contribution is 7.92. The SMILES string of the molecule is O=C1CN(c2c(OCc3ccccc3)cc3cc(C(O)O)ccc3c2F)S(=O)(=O)N1. The van der Waals surface area contributed by atoms with Crippen LogP contribution in [0.1, 0.15) is 17.4 Å². The van der Waals surface area contributed by atoms with Crippen LogP contribution in [0.4, 0.5) is 10.1 Å². The van der Waals surface area contributed by atoms with Gasteiger partial charge in [0.15, 0.2) is 12.1 Å². The van der Waals surface area contributed by atoms with Crippen molar-refractivity contribution in [2.75, 3.05) is 10.8 Å². The molecule has 3 aromatic carbocycles. The van der Waals surface area contributed by atoms with Crippen LogP contribution in [-0.2, 0) is 21.6 Å². The summed E-state index contributed by atoms with van der Waals surface area (Å²) < 4.78 is 48.3. The zero-order valence-electron chi connectivity index (χ0n) is 15.4. The van der Waals surface area contributed by atoms with E-state index in [0.29, 0.717) is 4.31 Å². The van der Waals surface area contributed by atoms with Crippen LogP contribution in [0.3, 0.4) is 0 Å². The van der Waals surface area contributed by atoms with Gasteiger partial charge in [-0.25, -0.2) is 13.4 Å². The van der Waals surface area contributed by atoms with E-state index in [1.165, 1.54) is 24.3 Å². The summed E-state index contributed by atoms with van der Waals surface area (Å²) >= 11 is 0. The van der Waals surface area contributed by atoms with Gasteiger partial charge in [0.2, 0.25) is 0 Å². The second-order valence-corrected chi connectivity index (χ2v) is 8.30. The van der Waals surface area contributed by atoms with Gasteiger partial charge in [-0.3, -0.25) is 4.79 Å². The molecule has 0 bridgehead atoms. The van der Waals surface area contributed by atoms with E-state index in [0.717, 1.165) is 5.56 Å². The fraction of sp³-hybridized carbons (Fsp3) is 0.150. The maximum Gasteiger partial charge on any atom is 0.326 e. The molecule has 1 aliphatic rings. The van der Waals surface area contributed by atoms with Gasteiger partial charge in [0.25, 0.3) is 5.91 Å². The number of nitrogens with one attached hydrogen (secondary N) is 1. The average molecular weight is 432 g/mol. The molecular formula is C20H17FN2O6S. The van der Waals surface area contributed by atoms with Crippen LogP contribution in [0.2, 0.25) is 0 Å². The molecule has 0 saturated carbocycles. The predicted molar refractivity (Wildman–Crippen MR) is 106 cm³/mol. The van der Waals surface area contributed by atoms with E-state index < -0.39 is 40.5 Å². The third-order valence-electron chi connectivity index (χ3n) is 4.64. The van der Waals surface area contributed by atoms with Gasteiger partial charge in [0.05, 0.1) is 0 Å². The van der Waals surface area contributed by atoms with E-state index in [1.54, 1.807) is 24.3 Å². The van der Waals surface area contributed by atoms with Crippen molar-refractivity contribution in [1.82, 2.24) is 4.72 Å². The highest BCUT2D eigenvalue weighted by Gasteiger charge is 2.38. The molecule has 0 radical (unpaired) electrons. The molecule has 8 nitrogen and oxygen atoms in total. The maximum atomic E-state index is 15.5. The first kappa shape index (κ1) is 20.1. The lowest BCUT2D eigenvalue weighted by Gasteiger charge is -2.21. The highest BCUT2D eigenvalue weighted by atomic mass is 32.2. The standard InChI is InChI=1S/C20H17FN2O6S/c21-18-15-7-6-13(20(25)26)8-14(15)9-16(29-11-12-4-2-1-3-5-12)19(18)23-10-17(24)22-30(23,27)28/h1-9,20,25-26H,10-11H2,(H,22,24). The van der Waals surface area contributed by atoms with Crippen LogP contribution in [-0.4, -0.2) is 31.1 Å². The number of anilines is 1. The van der Waals surface area contributed by atoms with Crippen molar-refractivity contribution in [3.63, 3.8) is 0 Å². The highest BCUT2D eigenvalue weighted by Crippen LogP contribution is 2.40. The number of carbonyl (C=O) groups excluding carboxylic acids is 1. The molecule has 30 heavy (non-hydrogen) atoms. The van der Waals surface area contributed by atoms with Crippen molar-refractivity contribution in [3.8, 4) is 5.75 Å². The summed E-state index contributed by atoms with van der Waals surface area (Å²) in [6.45, 7) is -0.559. The molecule has 0 aliphatic carbocycles. The summed E-state index contributed by atoms with van der Waals surface area (Å²) in [5.74, 6) is -1.80. The molecule has 0 spiro atoms. The van der Waals surface area contributed by atoms with E-state index in [9.17, 15) is 23.4 Å². The molecule has 1 amide bonds. The molecule has 1 aliphatic heterocycles. The number of hydrogen-bond donors (Lipinski definition) is 3. The van der Waals surface area contributed by atoms with Gasteiger partial charge in [0.1, 0.15) is 24.6 Å². The summed E-state index contributed by atoms with van der Waals surface area (Å²) in [4.78, 5) is 11.7. The first-order valence-electron chi connectivity index (χ1n) is 8.88. The first-order valence-corrected chi connectivity index (χ1v) is 10.3. The van der Waals surface area contributed by atoms with Gasteiger partial charge in [-0.1, -0.05) is 42.5 Å². The van der Waals surface area contributed by atoms with Crippen molar-refractivity contribution in [2.45, 2.75) is 12.9 Å². The Bertz CT molecular complexity index is 1230. The monoisotopic (exact) mass is 432 g/mol. The molecule has 1 fully saturated rings. The molecule has 156 valence electrons. The van der Waals surface area contributed by atoms with E-state index in [4.69, 9.17) is 4.74 Å². The largest absolute Gasteiger partial charge is 0.487 e. The minimum absolute atomic E-state index is 0.0242. The number of ether oxygens (including phenoxy) is 1. The smallest absolute Gasteiger partial charge is 0.326 e. The molecule has 4 rings (SSSR count). The second-order valence-electron chi connectivity index (χ2n) is 6.70. The Morgan fingerprint density at radius 1 is 1.13 bits per heavy atom. The Balaban J connectivity index is 1.87. The van der Waals surface area contributed by atoms with E-state index >= 15 is 4.39 Å². The number of fused-ring (bicyclic) bond motifs is 1. The van der Waals surface area contributed by atoms with Crippen molar-refractivity contribution in [1.29, 1.82) is 0 Å². The molecule has 0 atom stereocenters. The zero-order valence-corrected chi connectivity index (χ0v) is 16.3. The van der Waals surface area contributed by atoms with Gasteiger partial charge in [-0.15, -0.1) is 0 Å². The summed E-state index contributed by atoms with van der Waals surface area (Å²) in [6.07, 6.45) is -1.76. The molecule has 1 saturated heterocycles. The van der Waals surface area contributed by atoms with Crippen molar-refractivity contribution in [2.24, 2.45) is 0 Å². The number of rotatable bonds is 5. The molecule has 0 aromatic heterocycles. The molecular weight excluding hydrogens is 415 g/mol. The number of hydrogen-bond acceptors (Lipinski definition) is 6. The first-order chi connectivity index (χ1) is 14.3. The maximum absolute atomic E-state index is 15.5. The van der Waals surface area contributed by atoms with Gasteiger partial charge in [-0.05, 0) is 23.1 Å². The molecule has 0 unspecified atom stereocenters. The lowest BCUT2D eigenvalue weighted by atomic mass is 10.0. The Hall–Kier alpha value is -3.21. The lowest BCUT2D eigenvalue weighted by Crippen LogP contribution is -2.30. The molecule has 1 heterocycles. The number of aliphatic hydroxyl groups excluding tert-OH is 1. The number of carbonyl (C=O) groups is 1. The van der Waals surface area contributed by atoms with Crippen molar-refractivity contribution in [3.05, 3.63) is 71.5 Å². The van der Waals surface area contributed by atoms with Crippen LogP contribution in [0.15, 0.2) is 54.6 Å². The summed E-state index contributed by atoms with van der Waals surface area (Å²) in [6, 6.07) is 14.4. The molecule has 10 heteroatoms. The quantitative estimate of drug-likeness (QED) is 0.529. The lowest BCUT2D eigenvalue weighted by molar-refractivity contribution is -0.117.